The van der Waals surface area contributed by atoms with Crippen molar-refractivity contribution in [1.82, 2.24) is 5.32 Å². The highest BCUT2D eigenvalue weighted by Crippen LogP contribution is 2.41. The molecule has 140 valence electrons. The van der Waals surface area contributed by atoms with E-state index in [2.05, 4.69) is 36.2 Å². The van der Waals surface area contributed by atoms with Crippen LogP contribution in [0.15, 0.2) is 42.5 Å². The van der Waals surface area contributed by atoms with Gasteiger partial charge in [0.2, 0.25) is 0 Å². The van der Waals surface area contributed by atoms with Gasteiger partial charge in [0, 0.05) is 26.2 Å². The predicted octanol–water partition coefficient (Wildman–Crippen LogP) is 3.68. The van der Waals surface area contributed by atoms with E-state index in [-0.39, 0.29) is 6.04 Å². The Morgan fingerprint density at radius 1 is 1.15 bits per heavy atom. The van der Waals surface area contributed by atoms with Crippen molar-refractivity contribution >= 4 is 5.69 Å². The lowest BCUT2D eigenvalue weighted by molar-refractivity contribution is 0.110. The number of hydrogen-bond acceptors (Lipinski definition) is 4. The third kappa shape index (κ3) is 4.02. The third-order valence-corrected chi connectivity index (χ3v) is 4.92. The van der Waals surface area contributed by atoms with E-state index in [0.29, 0.717) is 12.6 Å². The first-order valence-electron chi connectivity index (χ1n) is 9.41. The molecule has 0 bridgehead atoms. The van der Waals surface area contributed by atoms with Crippen LogP contribution in [0.5, 0.6) is 5.75 Å². The number of anilines is 1. The lowest BCUT2D eigenvalue weighted by Gasteiger charge is -2.35. The molecule has 2 N–H and O–H groups in total. The summed E-state index contributed by atoms with van der Waals surface area (Å²) in [5.74, 6) is 0.875. The zero-order valence-corrected chi connectivity index (χ0v) is 16.2. The van der Waals surface area contributed by atoms with Gasteiger partial charge < -0.3 is 20.1 Å². The molecule has 0 aliphatic heterocycles. The van der Waals surface area contributed by atoms with Gasteiger partial charge in [-0.1, -0.05) is 50.2 Å². The van der Waals surface area contributed by atoms with Crippen molar-refractivity contribution in [3.05, 3.63) is 59.2 Å². The predicted molar refractivity (Wildman–Crippen MR) is 107 cm³/mol. The first kappa shape index (κ1) is 18.7. The molecule has 0 aromatic heterocycles. The molecular weight excluding hydrogens is 324 g/mol. The highest BCUT2D eigenvalue weighted by molar-refractivity contribution is 5.66. The van der Waals surface area contributed by atoms with Crippen LogP contribution in [0.25, 0.3) is 0 Å². The minimum absolute atomic E-state index is 0.105. The van der Waals surface area contributed by atoms with E-state index < -0.39 is 6.10 Å². The Morgan fingerprint density at radius 2 is 1.88 bits per heavy atom. The van der Waals surface area contributed by atoms with Gasteiger partial charge >= 0.3 is 0 Å². The van der Waals surface area contributed by atoms with E-state index >= 15 is 0 Å². The van der Waals surface area contributed by atoms with Crippen LogP contribution in [-0.4, -0.2) is 31.3 Å². The summed E-state index contributed by atoms with van der Waals surface area (Å²) >= 11 is 0. The molecule has 0 fully saturated rings. The van der Waals surface area contributed by atoms with E-state index in [0.717, 1.165) is 35.4 Å². The van der Waals surface area contributed by atoms with Crippen LogP contribution in [0.2, 0.25) is 0 Å². The van der Waals surface area contributed by atoms with Crippen molar-refractivity contribution in [1.29, 1.82) is 0 Å². The molecule has 3 rings (SSSR count). The Bertz CT molecular complexity index is 728. The maximum Gasteiger partial charge on any atom is 0.143 e. The van der Waals surface area contributed by atoms with E-state index in [1.54, 1.807) is 0 Å². The highest BCUT2D eigenvalue weighted by Gasteiger charge is 2.31. The van der Waals surface area contributed by atoms with Gasteiger partial charge in [-0.25, -0.2) is 0 Å². The minimum atomic E-state index is -0.483. The maximum absolute atomic E-state index is 10.9. The van der Waals surface area contributed by atoms with E-state index in [1.165, 1.54) is 5.56 Å². The molecule has 0 radical (unpaired) electrons. The van der Waals surface area contributed by atoms with E-state index in [9.17, 15) is 5.11 Å². The van der Waals surface area contributed by atoms with Crippen LogP contribution < -0.4 is 15.0 Å². The molecule has 0 saturated heterocycles. The van der Waals surface area contributed by atoms with Gasteiger partial charge in [-0.2, -0.15) is 0 Å². The summed E-state index contributed by atoms with van der Waals surface area (Å²) in [7, 11) is 4.08. The lowest BCUT2D eigenvalue weighted by Crippen LogP contribution is -2.42. The molecule has 1 aliphatic carbocycles. The second-order valence-electron chi connectivity index (χ2n) is 7.56. The van der Waals surface area contributed by atoms with Crippen LogP contribution >= 0.6 is 0 Å². The van der Waals surface area contributed by atoms with Gasteiger partial charge in [-0.3, -0.25) is 0 Å². The van der Waals surface area contributed by atoms with Crippen LogP contribution in [0.4, 0.5) is 5.69 Å². The standard InChI is InChI=1S/C22H30N2O2/c1-15(2)23-19-12-10-17-18(22(19)25)11-13-20(21(17)24(3)4)26-14-16-8-6-5-7-9-16/h5-9,11,13,15,19,22-23,25H,10,12,14H2,1-4H3/t19-,22-/m1/s1. The Morgan fingerprint density at radius 3 is 2.54 bits per heavy atom. The molecule has 4 nitrogen and oxygen atoms in total. The number of aliphatic hydroxyl groups is 1. The Labute approximate surface area is 156 Å². The number of benzene rings is 2. The number of aliphatic hydroxyl groups excluding tert-OH is 1. The van der Waals surface area contributed by atoms with Crippen LogP contribution in [0.3, 0.4) is 0 Å². The smallest absolute Gasteiger partial charge is 0.143 e. The third-order valence-electron chi connectivity index (χ3n) is 4.92. The molecule has 2 atom stereocenters. The van der Waals surface area contributed by atoms with Gasteiger partial charge in [-0.15, -0.1) is 0 Å². The summed E-state index contributed by atoms with van der Waals surface area (Å²) in [4.78, 5) is 2.10. The zero-order valence-electron chi connectivity index (χ0n) is 16.2. The quantitative estimate of drug-likeness (QED) is 0.831. The minimum Gasteiger partial charge on any atom is -0.487 e. The van der Waals surface area contributed by atoms with Crippen molar-refractivity contribution in [2.24, 2.45) is 0 Å². The molecule has 0 amide bonds. The van der Waals surface area contributed by atoms with Crippen molar-refractivity contribution in [2.75, 3.05) is 19.0 Å². The summed E-state index contributed by atoms with van der Waals surface area (Å²) < 4.78 is 6.14. The summed E-state index contributed by atoms with van der Waals surface area (Å²) in [6.45, 7) is 4.78. The number of nitrogens with one attached hydrogen (secondary N) is 1. The molecule has 0 saturated carbocycles. The number of nitrogens with zero attached hydrogens (tertiary/aromatic N) is 1. The lowest BCUT2D eigenvalue weighted by atomic mass is 9.84. The number of fused-ring (bicyclic) bond motifs is 1. The molecule has 0 heterocycles. The van der Waals surface area contributed by atoms with Gasteiger partial charge in [0.1, 0.15) is 12.4 Å². The fraction of sp³-hybridized carbons (Fsp3) is 0.455. The average Bonchev–Trinajstić information content (AvgIpc) is 2.62. The monoisotopic (exact) mass is 354 g/mol. The molecule has 2 aromatic rings. The fourth-order valence-electron chi connectivity index (χ4n) is 3.79. The number of rotatable bonds is 6. The maximum atomic E-state index is 10.9. The summed E-state index contributed by atoms with van der Waals surface area (Å²) in [5, 5.41) is 14.3. The molecule has 0 spiro atoms. The van der Waals surface area contributed by atoms with E-state index in [4.69, 9.17) is 4.74 Å². The Balaban J connectivity index is 1.87. The van der Waals surface area contributed by atoms with Gasteiger partial charge in [0.25, 0.3) is 0 Å². The largest absolute Gasteiger partial charge is 0.487 e. The second-order valence-corrected chi connectivity index (χ2v) is 7.56. The number of ether oxygens (including phenoxy) is 1. The average molecular weight is 354 g/mol. The molecule has 2 aromatic carbocycles. The van der Waals surface area contributed by atoms with Crippen molar-refractivity contribution in [2.45, 2.75) is 51.5 Å². The number of hydrogen-bond donors (Lipinski definition) is 2. The summed E-state index contributed by atoms with van der Waals surface area (Å²) in [6, 6.07) is 14.7. The zero-order chi connectivity index (χ0) is 18.7. The van der Waals surface area contributed by atoms with Crippen LogP contribution in [-0.2, 0) is 13.0 Å². The van der Waals surface area contributed by atoms with Crippen molar-refractivity contribution in [3.8, 4) is 5.75 Å². The molecule has 1 aliphatic rings. The Kier molecular flexibility index (Phi) is 5.84. The van der Waals surface area contributed by atoms with Gasteiger partial charge in [0.15, 0.2) is 0 Å². The topological polar surface area (TPSA) is 44.7 Å². The van der Waals surface area contributed by atoms with Gasteiger partial charge in [0.05, 0.1) is 11.8 Å². The highest BCUT2D eigenvalue weighted by atomic mass is 16.5. The first-order valence-corrected chi connectivity index (χ1v) is 9.41. The Hall–Kier alpha value is -2.04. The summed E-state index contributed by atoms with van der Waals surface area (Å²) in [6.07, 6.45) is 1.38. The first-order chi connectivity index (χ1) is 12.5. The molecule has 26 heavy (non-hydrogen) atoms. The van der Waals surface area contributed by atoms with Crippen LogP contribution in [0.1, 0.15) is 43.1 Å². The normalized spacial score (nSPS) is 19.3. The summed E-state index contributed by atoms with van der Waals surface area (Å²) in [5.41, 5.74) is 4.46. The SMILES string of the molecule is CC(C)N[C@@H]1CCc2c(ccc(OCc3ccccc3)c2N(C)C)[C@H]1O. The van der Waals surface area contributed by atoms with Crippen LogP contribution in [0, 0.1) is 0 Å². The molecular formula is C22H30N2O2. The van der Waals surface area contributed by atoms with Gasteiger partial charge in [-0.05, 0) is 35.6 Å². The second kappa shape index (κ2) is 8.11. The van der Waals surface area contributed by atoms with E-state index in [1.807, 2.05) is 44.4 Å². The van der Waals surface area contributed by atoms with Crippen molar-refractivity contribution < 1.29 is 9.84 Å². The fourth-order valence-corrected chi connectivity index (χ4v) is 3.79. The molecule has 0 unspecified atom stereocenters. The molecule has 4 heteroatoms. The van der Waals surface area contributed by atoms with Crippen molar-refractivity contribution in [3.63, 3.8) is 0 Å².